The SMILES string of the molecule is Nc1nc(Cl)nc(-c2cccc3nccnc23)n1. The lowest BCUT2D eigenvalue weighted by Crippen LogP contribution is -2.00. The summed E-state index contributed by atoms with van der Waals surface area (Å²) in [5.74, 6) is 0.462. The van der Waals surface area contributed by atoms with Gasteiger partial charge in [0, 0.05) is 18.0 Å². The number of nitrogens with two attached hydrogens (primary N) is 1. The summed E-state index contributed by atoms with van der Waals surface area (Å²) in [5.41, 5.74) is 7.73. The van der Waals surface area contributed by atoms with E-state index in [2.05, 4.69) is 24.9 Å². The van der Waals surface area contributed by atoms with E-state index in [0.29, 0.717) is 11.3 Å². The third kappa shape index (κ3) is 1.82. The van der Waals surface area contributed by atoms with Gasteiger partial charge in [-0.25, -0.2) is 0 Å². The summed E-state index contributed by atoms with van der Waals surface area (Å²) < 4.78 is 0. The summed E-state index contributed by atoms with van der Waals surface area (Å²) in [4.78, 5) is 20.3. The molecule has 88 valence electrons. The molecule has 0 spiro atoms. The van der Waals surface area contributed by atoms with Crippen molar-refractivity contribution in [2.45, 2.75) is 0 Å². The van der Waals surface area contributed by atoms with Crippen molar-refractivity contribution in [1.82, 2.24) is 24.9 Å². The minimum absolute atomic E-state index is 0.0541. The van der Waals surface area contributed by atoms with Crippen LogP contribution in [-0.2, 0) is 0 Å². The summed E-state index contributed by atoms with van der Waals surface area (Å²) in [6.45, 7) is 0. The summed E-state index contributed by atoms with van der Waals surface area (Å²) in [6, 6.07) is 5.54. The second kappa shape index (κ2) is 4.15. The first-order valence-electron chi connectivity index (χ1n) is 5.11. The molecule has 0 aliphatic heterocycles. The molecule has 3 aromatic rings. The number of benzene rings is 1. The zero-order valence-corrected chi connectivity index (χ0v) is 9.83. The highest BCUT2D eigenvalue weighted by molar-refractivity contribution is 6.28. The predicted molar refractivity (Wildman–Crippen MR) is 67.8 cm³/mol. The van der Waals surface area contributed by atoms with Gasteiger partial charge in [-0.15, -0.1) is 0 Å². The topological polar surface area (TPSA) is 90.5 Å². The molecule has 3 rings (SSSR count). The van der Waals surface area contributed by atoms with Crippen molar-refractivity contribution < 1.29 is 0 Å². The molecule has 0 saturated carbocycles. The third-order valence-corrected chi connectivity index (χ3v) is 2.53. The number of nitrogen functional groups attached to an aromatic ring is 1. The highest BCUT2D eigenvalue weighted by Crippen LogP contribution is 2.23. The molecule has 0 fully saturated rings. The van der Waals surface area contributed by atoms with Gasteiger partial charge in [0.25, 0.3) is 0 Å². The molecular weight excluding hydrogens is 252 g/mol. The van der Waals surface area contributed by atoms with E-state index in [9.17, 15) is 0 Å². The Morgan fingerprint density at radius 1 is 1.00 bits per heavy atom. The molecule has 0 unspecified atom stereocenters. The smallest absolute Gasteiger partial charge is 0.227 e. The molecule has 0 radical (unpaired) electrons. The van der Waals surface area contributed by atoms with Gasteiger partial charge >= 0.3 is 0 Å². The number of fused-ring (bicyclic) bond motifs is 1. The Morgan fingerprint density at radius 3 is 2.67 bits per heavy atom. The van der Waals surface area contributed by atoms with Crippen molar-refractivity contribution in [1.29, 1.82) is 0 Å². The molecule has 0 aliphatic rings. The number of anilines is 1. The summed E-state index contributed by atoms with van der Waals surface area (Å²) in [6.07, 6.45) is 3.23. The Kier molecular flexibility index (Phi) is 2.49. The van der Waals surface area contributed by atoms with Crippen LogP contribution in [0.5, 0.6) is 0 Å². The van der Waals surface area contributed by atoms with Gasteiger partial charge in [0.05, 0.1) is 11.0 Å². The van der Waals surface area contributed by atoms with E-state index in [1.54, 1.807) is 12.4 Å². The zero-order valence-electron chi connectivity index (χ0n) is 9.08. The van der Waals surface area contributed by atoms with Crippen molar-refractivity contribution in [3.8, 4) is 11.4 Å². The Morgan fingerprint density at radius 2 is 1.83 bits per heavy atom. The molecule has 0 aliphatic carbocycles. The normalized spacial score (nSPS) is 10.7. The van der Waals surface area contributed by atoms with Crippen molar-refractivity contribution in [3.63, 3.8) is 0 Å². The van der Waals surface area contributed by atoms with E-state index in [4.69, 9.17) is 17.3 Å². The van der Waals surface area contributed by atoms with E-state index in [-0.39, 0.29) is 11.2 Å². The first kappa shape index (κ1) is 10.8. The number of hydrogen-bond donors (Lipinski definition) is 1. The fourth-order valence-corrected chi connectivity index (χ4v) is 1.83. The molecule has 18 heavy (non-hydrogen) atoms. The van der Waals surface area contributed by atoms with Crippen LogP contribution in [0.3, 0.4) is 0 Å². The standard InChI is InChI=1S/C11H7ClN6/c12-10-16-9(17-11(13)18-10)6-2-1-3-7-8(6)15-5-4-14-7/h1-5H,(H2,13,16,17,18). The highest BCUT2D eigenvalue weighted by atomic mass is 35.5. The molecule has 0 bridgehead atoms. The Hall–Kier alpha value is -2.34. The molecular formula is C11H7ClN6. The van der Waals surface area contributed by atoms with E-state index in [1.807, 2.05) is 18.2 Å². The van der Waals surface area contributed by atoms with Crippen molar-refractivity contribution in [2.75, 3.05) is 5.73 Å². The lowest BCUT2D eigenvalue weighted by Gasteiger charge is -2.04. The molecule has 0 saturated heterocycles. The largest absolute Gasteiger partial charge is 0.368 e. The fraction of sp³-hybridized carbons (Fsp3) is 0. The van der Waals surface area contributed by atoms with E-state index < -0.39 is 0 Å². The quantitative estimate of drug-likeness (QED) is 0.715. The van der Waals surface area contributed by atoms with Crippen LogP contribution in [0.25, 0.3) is 22.4 Å². The first-order chi connectivity index (χ1) is 8.74. The second-order valence-corrected chi connectivity index (χ2v) is 3.85. The van der Waals surface area contributed by atoms with Gasteiger partial charge in [0.15, 0.2) is 5.82 Å². The van der Waals surface area contributed by atoms with Crippen molar-refractivity contribution >= 4 is 28.6 Å². The van der Waals surface area contributed by atoms with Crippen LogP contribution in [0, 0.1) is 0 Å². The third-order valence-electron chi connectivity index (χ3n) is 2.36. The number of aromatic nitrogens is 5. The number of halogens is 1. The monoisotopic (exact) mass is 258 g/mol. The second-order valence-electron chi connectivity index (χ2n) is 3.52. The minimum atomic E-state index is 0.0541. The van der Waals surface area contributed by atoms with Crippen molar-refractivity contribution in [2.24, 2.45) is 0 Å². The maximum absolute atomic E-state index is 5.77. The van der Waals surface area contributed by atoms with Crippen LogP contribution in [0.4, 0.5) is 5.95 Å². The molecule has 2 aromatic heterocycles. The maximum atomic E-state index is 5.77. The molecule has 6 nitrogen and oxygen atoms in total. The lowest BCUT2D eigenvalue weighted by atomic mass is 10.1. The van der Waals surface area contributed by atoms with Gasteiger partial charge in [-0.3, -0.25) is 9.97 Å². The molecule has 0 amide bonds. The summed E-state index contributed by atoms with van der Waals surface area (Å²) in [5, 5.41) is 0.0541. The van der Waals surface area contributed by atoms with E-state index >= 15 is 0 Å². The minimum Gasteiger partial charge on any atom is -0.368 e. The van der Waals surface area contributed by atoms with E-state index in [0.717, 1.165) is 11.1 Å². The van der Waals surface area contributed by atoms with Crippen LogP contribution < -0.4 is 5.73 Å². The summed E-state index contributed by atoms with van der Waals surface area (Å²) >= 11 is 5.77. The average molecular weight is 259 g/mol. The fourth-order valence-electron chi connectivity index (χ4n) is 1.66. The zero-order chi connectivity index (χ0) is 12.5. The molecule has 2 heterocycles. The lowest BCUT2D eigenvalue weighted by molar-refractivity contribution is 1.07. The van der Waals surface area contributed by atoms with Crippen LogP contribution in [0.2, 0.25) is 5.28 Å². The molecule has 1 aromatic carbocycles. The predicted octanol–water partition coefficient (Wildman–Crippen LogP) is 1.72. The van der Waals surface area contributed by atoms with Gasteiger partial charge < -0.3 is 5.73 Å². The number of rotatable bonds is 1. The van der Waals surface area contributed by atoms with Crippen molar-refractivity contribution in [3.05, 3.63) is 35.9 Å². The number of hydrogen-bond acceptors (Lipinski definition) is 6. The highest BCUT2D eigenvalue weighted by Gasteiger charge is 2.10. The molecule has 2 N–H and O–H groups in total. The first-order valence-corrected chi connectivity index (χ1v) is 5.49. The Balaban J connectivity index is 2.31. The van der Waals surface area contributed by atoms with Crippen LogP contribution in [0.15, 0.2) is 30.6 Å². The maximum Gasteiger partial charge on any atom is 0.227 e. The van der Waals surface area contributed by atoms with Crippen LogP contribution >= 0.6 is 11.6 Å². The Bertz CT molecular complexity index is 704. The van der Waals surface area contributed by atoms with E-state index in [1.165, 1.54) is 0 Å². The van der Waals surface area contributed by atoms with Crippen LogP contribution in [0.1, 0.15) is 0 Å². The van der Waals surface area contributed by atoms with Gasteiger partial charge in [0.2, 0.25) is 11.2 Å². The van der Waals surface area contributed by atoms with Gasteiger partial charge in [0.1, 0.15) is 0 Å². The average Bonchev–Trinajstić information content (AvgIpc) is 2.37. The van der Waals surface area contributed by atoms with Gasteiger partial charge in [-0.2, -0.15) is 15.0 Å². The van der Waals surface area contributed by atoms with Gasteiger partial charge in [-0.1, -0.05) is 6.07 Å². The Labute approximate surface area is 107 Å². The van der Waals surface area contributed by atoms with Gasteiger partial charge in [-0.05, 0) is 23.7 Å². The molecule has 0 atom stereocenters. The number of para-hydroxylation sites is 1. The molecule has 7 heteroatoms. The number of nitrogens with zero attached hydrogens (tertiary/aromatic N) is 5. The van der Waals surface area contributed by atoms with Crippen LogP contribution in [-0.4, -0.2) is 24.9 Å². The summed E-state index contributed by atoms with van der Waals surface area (Å²) in [7, 11) is 0.